The van der Waals surface area contributed by atoms with Crippen molar-refractivity contribution >= 4 is 27.2 Å². The molecule has 0 unspecified atom stereocenters. The number of aryl methyl sites for hydroxylation is 2. The van der Waals surface area contributed by atoms with Gasteiger partial charge in [-0.15, -0.1) is 11.3 Å². The van der Waals surface area contributed by atoms with Crippen LogP contribution in [0.25, 0.3) is 0 Å². The number of aromatic nitrogens is 1. The quantitative estimate of drug-likeness (QED) is 0.941. The van der Waals surface area contributed by atoms with E-state index >= 15 is 0 Å². The lowest BCUT2D eigenvalue weighted by Crippen LogP contribution is -2.13. The van der Waals surface area contributed by atoms with Crippen molar-refractivity contribution in [1.29, 1.82) is 0 Å². The first-order chi connectivity index (χ1) is 9.09. The Balaban J connectivity index is 2.29. The molecule has 0 saturated heterocycles. The van der Waals surface area contributed by atoms with Gasteiger partial charge in [-0.05, 0) is 19.9 Å². The standard InChI is InChI=1S/C13H18N2O3S2/c1-8-6-10(9(2)19-8)20(16,17)15-12-7-11(14-18-12)13(3,4)5/h6-7,15H,1-5H3. The van der Waals surface area contributed by atoms with E-state index in [2.05, 4.69) is 9.88 Å². The Morgan fingerprint density at radius 3 is 2.35 bits per heavy atom. The third kappa shape index (κ3) is 3.04. The van der Waals surface area contributed by atoms with Crippen LogP contribution in [0.2, 0.25) is 0 Å². The van der Waals surface area contributed by atoms with Gasteiger partial charge in [-0.3, -0.25) is 0 Å². The van der Waals surface area contributed by atoms with Crippen LogP contribution in [0.3, 0.4) is 0 Å². The molecule has 0 amide bonds. The highest BCUT2D eigenvalue weighted by atomic mass is 32.2. The molecular formula is C13H18N2O3S2. The summed E-state index contributed by atoms with van der Waals surface area (Å²) in [5.74, 6) is 0.137. The minimum Gasteiger partial charge on any atom is -0.338 e. The number of rotatable bonds is 3. The second-order valence-electron chi connectivity index (χ2n) is 5.71. The van der Waals surface area contributed by atoms with Crippen LogP contribution in [-0.2, 0) is 15.4 Å². The van der Waals surface area contributed by atoms with E-state index in [-0.39, 0.29) is 16.2 Å². The molecule has 1 N–H and O–H groups in total. The molecule has 0 aliphatic heterocycles. The number of anilines is 1. The normalized spacial score (nSPS) is 12.7. The Morgan fingerprint density at radius 2 is 1.90 bits per heavy atom. The van der Waals surface area contributed by atoms with Gasteiger partial charge < -0.3 is 4.52 Å². The predicted octanol–water partition coefficient (Wildman–Crippen LogP) is 3.45. The maximum absolute atomic E-state index is 12.3. The van der Waals surface area contributed by atoms with Gasteiger partial charge in [0.15, 0.2) is 0 Å². The topological polar surface area (TPSA) is 72.2 Å². The van der Waals surface area contributed by atoms with Crippen LogP contribution < -0.4 is 4.72 Å². The Bertz CT molecular complexity index is 721. The highest BCUT2D eigenvalue weighted by Crippen LogP contribution is 2.28. The van der Waals surface area contributed by atoms with Gasteiger partial charge in [-0.2, -0.15) is 0 Å². The Morgan fingerprint density at radius 1 is 1.25 bits per heavy atom. The number of nitrogens with zero attached hydrogens (tertiary/aromatic N) is 1. The molecule has 2 aromatic heterocycles. The minimum atomic E-state index is -3.63. The van der Waals surface area contributed by atoms with E-state index in [0.717, 1.165) is 9.75 Å². The van der Waals surface area contributed by atoms with Crippen LogP contribution in [0.4, 0.5) is 5.88 Å². The van der Waals surface area contributed by atoms with Crippen LogP contribution in [0, 0.1) is 13.8 Å². The van der Waals surface area contributed by atoms with Crippen molar-refractivity contribution in [2.45, 2.75) is 44.9 Å². The Hall–Kier alpha value is -1.34. The fourth-order valence-corrected chi connectivity index (χ4v) is 4.27. The van der Waals surface area contributed by atoms with Crippen molar-refractivity contribution in [2.75, 3.05) is 4.72 Å². The van der Waals surface area contributed by atoms with Crippen LogP contribution >= 0.6 is 11.3 Å². The number of thiophene rings is 1. The molecule has 0 fully saturated rings. The third-order valence-electron chi connectivity index (χ3n) is 2.80. The Labute approximate surface area is 123 Å². The van der Waals surface area contributed by atoms with E-state index < -0.39 is 10.0 Å². The molecule has 2 rings (SSSR count). The maximum Gasteiger partial charge on any atom is 0.265 e. The fraction of sp³-hybridized carbons (Fsp3) is 0.462. The van der Waals surface area contributed by atoms with Gasteiger partial charge in [0.05, 0.1) is 5.69 Å². The van der Waals surface area contributed by atoms with Gasteiger partial charge in [0, 0.05) is 21.2 Å². The Kier molecular flexibility index (Phi) is 3.68. The van der Waals surface area contributed by atoms with E-state index in [1.165, 1.54) is 11.3 Å². The summed E-state index contributed by atoms with van der Waals surface area (Å²) in [6.07, 6.45) is 0. The number of hydrogen-bond donors (Lipinski definition) is 1. The third-order valence-corrected chi connectivity index (χ3v) is 5.37. The van der Waals surface area contributed by atoms with E-state index in [0.29, 0.717) is 5.69 Å². The lowest BCUT2D eigenvalue weighted by molar-refractivity contribution is 0.405. The predicted molar refractivity (Wildman–Crippen MR) is 79.8 cm³/mol. The molecule has 5 nitrogen and oxygen atoms in total. The van der Waals surface area contributed by atoms with Crippen molar-refractivity contribution in [3.05, 3.63) is 27.6 Å². The summed E-state index contributed by atoms with van der Waals surface area (Å²) in [7, 11) is -3.63. The van der Waals surface area contributed by atoms with Crippen molar-refractivity contribution < 1.29 is 12.9 Å². The van der Waals surface area contributed by atoms with Gasteiger partial charge in [0.25, 0.3) is 10.0 Å². The first-order valence-electron chi connectivity index (χ1n) is 6.16. The summed E-state index contributed by atoms with van der Waals surface area (Å²) in [4.78, 5) is 2.00. The average Bonchev–Trinajstić information content (AvgIpc) is 2.84. The summed E-state index contributed by atoms with van der Waals surface area (Å²) < 4.78 is 32.1. The van der Waals surface area contributed by atoms with Crippen molar-refractivity contribution in [1.82, 2.24) is 5.16 Å². The van der Waals surface area contributed by atoms with Gasteiger partial charge in [0.1, 0.15) is 4.90 Å². The molecule has 0 atom stereocenters. The zero-order chi connectivity index (χ0) is 15.1. The highest BCUT2D eigenvalue weighted by Gasteiger charge is 2.23. The summed E-state index contributed by atoms with van der Waals surface area (Å²) in [5.41, 5.74) is 0.510. The molecule has 20 heavy (non-hydrogen) atoms. The lowest BCUT2D eigenvalue weighted by atomic mass is 9.92. The molecular weight excluding hydrogens is 296 g/mol. The second-order valence-corrected chi connectivity index (χ2v) is 8.82. The molecule has 0 aliphatic rings. The van der Waals surface area contributed by atoms with Crippen molar-refractivity contribution in [3.63, 3.8) is 0 Å². The molecule has 2 aromatic rings. The van der Waals surface area contributed by atoms with Crippen LogP contribution in [-0.4, -0.2) is 13.6 Å². The van der Waals surface area contributed by atoms with Gasteiger partial charge in [0.2, 0.25) is 5.88 Å². The zero-order valence-electron chi connectivity index (χ0n) is 12.1. The number of hydrogen-bond acceptors (Lipinski definition) is 5. The molecule has 2 heterocycles. The van der Waals surface area contributed by atoms with Gasteiger partial charge in [-0.1, -0.05) is 25.9 Å². The van der Waals surface area contributed by atoms with Crippen LogP contribution in [0.1, 0.15) is 36.2 Å². The first-order valence-corrected chi connectivity index (χ1v) is 8.46. The van der Waals surface area contributed by atoms with E-state index in [1.807, 2.05) is 27.7 Å². The number of nitrogens with one attached hydrogen (secondary N) is 1. The summed E-state index contributed by atoms with van der Waals surface area (Å²) in [6.45, 7) is 9.61. The highest BCUT2D eigenvalue weighted by molar-refractivity contribution is 7.92. The molecule has 0 saturated carbocycles. The first kappa shape index (κ1) is 15.1. The largest absolute Gasteiger partial charge is 0.338 e. The molecule has 0 spiro atoms. The smallest absolute Gasteiger partial charge is 0.265 e. The summed E-state index contributed by atoms with van der Waals surface area (Å²) >= 11 is 1.45. The molecule has 0 radical (unpaired) electrons. The van der Waals surface area contributed by atoms with Crippen LogP contribution in [0.5, 0.6) is 0 Å². The van der Waals surface area contributed by atoms with Crippen LogP contribution in [0.15, 0.2) is 21.6 Å². The maximum atomic E-state index is 12.3. The average molecular weight is 314 g/mol. The fourth-order valence-electron chi connectivity index (χ4n) is 1.74. The van der Waals surface area contributed by atoms with Crippen molar-refractivity contribution in [2.24, 2.45) is 0 Å². The molecule has 0 aliphatic carbocycles. The molecule has 7 heteroatoms. The van der Waals surface area contributed by atoms with Crippen molar-refractivity contribution in [3.8, 4) is 0 Å². The monoisotopic (exact) mass is 314 g/mol. The minimum absolute atomic E-state index is 0.137. The number of sulfonamides is 1. The van der Waals surface area contributed by atoms with Gasteiger partial charge in [-0.25, -0.2) is 13.1 Å². The lowest BCUT2D eigenvalue weighted by Gasteiger charge is -2.12. The second kappa shape index (κ2) is 4.89. The molecule has 0 aromatic carbocycles. The summed E-state index contributed by atoms with van der Waals surface area (Å²) in [5, 5.41) is 3.89. The van der Waals surface area contributed by atoms with E-state index in [9.17, 15) is 8.42 Å². The molecule has 0 bridgehead atoms. The van der Waals surface area contributed by atoms with E-state index in [4.69, 9.17) is 4.52 Å². The molecule has 110 valence electrons. The zero-order valence-corrected chi connectivity index (χ0v) is 13.8. The van der Waals surface area contributed by atoms with E-state index in [1.54, 1.807) is 19.1 Å². The van der Waals surface area contributed by atoms with Gasteiger partial charge >= 0.3 is 0 Å². The summed E-state index contributed by atoms with van der Waals surface area (Å²) in [6, 6.07) is 3.27. The SMILES string of the molecule is Cc1cc(S(=O)(=O)Nc2cc(C(C)(C)C)no2)c(C)s1.